The van der Waals surface area contributed by atoms with Crippen LogP contribution in [-0.4, -0.2) is 29.2 Å². The van der Waals surface area contributed by atoms with Gasteiger partial charge < -0.3 is 15.5 Å². The monoisotopic (exact) mass is 367 g/mol. The second-order valence-electron chi connectivity index (χ2n) is 7.79. The molecule has 27 heavy (non-hydrogen) atoms. The Morgan fingerprint density at radius 3 is 2.30 bits per heavy atom. The zero-order valence-electron chi connectivity index (χ0n) is 16.4. The Bertz CT molecular complexity index is 734. The Hall–Kier alpha value is -2.63. The number of aromatic nitrogens is 2. The molecule has 1 aromatic carbocycles. The number of benzene rings is 1. The van der Waals surface area contributed by atoms with E-state index in [4.69, 9.17) is 0 Å². The van der Waals surface area contributed by atoms with E-state index >= 15 is 0 Å². The Balaban J connectivity index is 1.55. The second-order valence-corrected chi connectivity index (χ2v) is 7.79. The molecule has 2 heterocycles. The van der Waals surface area contributed by atoms with Gasteiger partial charge in [0.2, 0.25) is 5.91 Å². The molecule has 1 aliphatic rings. The lowest BCUT2D eigenvalue weighted by molar-refractivity contribution is -0.116. The molecule has 0 saturated carbocycles. The first-order chi connectivity index (χ1) is 13.0. The molecule has 2 aromatic rings. The van der Waals surface area contributed by atoms with Crippen molar-refractivity contribution in [1.29, 1.82) is 0 Å². The van der Waals surface area contributed by atoms with Crippen molar-refractivity contribution in [2.45, 2.75) is 40.0 Å². The minimum Gasteiger partial charge on any atom is -0.372 e. The van der Waals surface area contributed by atoms with Crippen molar-refractivity contribution < 1.29 is 4.79 Å². The van der Waals surface area contributed by atoms with E-state index in [-0.39, 0.29) is 5.91 Å². The molecule has 1 fully saturated rings. The number of amides is 1. The van der Waals surface area contributed by atoms with E-state index in [1.165, 1.54) is 18.5 Å². The molecule has 0 atom stereocenters. The van der Waals surface area contributed by atoms with Crippen molar-refractivity contribution in [3.63, 3.8) is 0 Å². The van der Waals surface area contributed by atoms with Crippen molar-refractivity contribution >= 4 is 28.9 Å². The maximum absolute atomic E-state index is 11.8. The van der Waals surface area contributed by atoms with Crippen LogP contribution < -0.4 is 15.5 Å². The molecular formula is C21H29N5O. The lowest BCUT2D eigenvalue weighted by Crippen LogP contribution is -2.32. The third-order valence-corrected chi connectivity index (χ3v) is 4.81. The first-order valence-electron chi connectivity index (χ1n) is 9.75. The average Bonchev–Trinajstić information content (AvgIpc) is 2.64. The first kappa shape index (κ1) is 19.1. The zero-order valence-corrected chi connectivity index (χ0v) is 16.4. The summed E-state index contributed by atoms with van der Waals surface area (Å²) in [5.41, 5.74) is 2.23. The molecule has 0 aliphatic carbocycles. The normalized spacial score (nSPS) is 15.0. The zero-order chi connectivity index (χ0) is 19.2. The summed E-state index contributed by atoms with van der Waals surface area (Å²) in [6, 6.07) is 12.0. The fourth-order valence-electron chi connectivity index (χ4n) is 3.20. The molecule has 1 saturated heterocycles. The number of carbonyl (C=O) groups is 1. The minimum atomic E-state index is -0.0392. The van der Waals surface area contributed by atoms with E-state index < -0.39 is 0 Å². The number of piperidine rings is 1. The molecule has 1 aromatic heterocycles. The molecule has 1 amide bonds. The van der Waals surface area contributed by atoms with E-state index in [2.05, 4.69) is 56.9 Å². The minimum absolute atomic E-state index is 0.0392. The summed E-state index contributed by atoms with van der Waals surface area (Å²) < 4.78 is 0. The number of hydrogen-bond donors (Lipinski definition) is 2. The van der Waals surface area contributed by atoms with Gasteiger partial charge in [0.15, 0.2) is 11.6 Å². The van der Waals surface area contributed by atoms with Gasteiger partial charge in [-0.15, -0.1) is 10.2 Å². The standard InChI is InChI=1S/C21H29N5O/c1-15(2)14-21(27)23-20-9-8-19(24-25-20)22-17-4-6-18(7-5-17)26-12-10-16(3)11-13-26/h4-9,15-16H,10-14H2,1-3H3,(H,22,24)(H,23,25,27). The van der Waals surface area contributed by atoms with Crippen LogP contribution in [-0.2, 0) is 4.79 Å². The van der Waals surface area contributed by atoms with Gasteiger partial charge in [0, 0.05) is 30.9 Å². The molecule has 144 valence electrons. The van der Waals surface area contributed by atoms with Crippen LogP contribution >= 0.6 is 0 Å². The Morgan fingerprint density at radius 2 is 1.70 bits per heavy atom. The third kappa shape index (κ3) is 5.67. The quantitative estimate of drug-likeness (QED) is 0.790. The number of hydrogen-bond acceptors (Lipinski definition) is 5. The molecule has 0 spiro atoms. The predicted molar refractivity (Wildman–Crippen MR) is 110 cm³/mol. The van der Waals surface area contributed by atoms with E-state index in [1.54, 1.807) is 6.07 Å². The Morgan fingerprint density at radius 1 is 1.07 bits per heavy atom. The number of carbonyl (C=O) groups excluding carboxylic acids is 1. The predicted octanol–water partition coefficient (Wildman–Crippen LogP) is 4.44. The maximum atomic E-state index is 11.8. The average molecular weight is 367 g/mol. The fourth-order valence-corrected chi connectivity index (χ4v) is 3.20. The molecule has 2 N–H and O–H groups in total. The first-order valence-corrected chi connectivity index (χ1v) is 9.75. The summed E-state index contributed by atoms with van der Waals surface area (Å²) in [6.45, 7) is 8.60. The van der Waals surface area contributed by atoms with Crippen molar-refractivity contribution in [2.24, 2.45) is 11.8 Å². The lowest BCUT2D eigenvalue weighted by Gasteiger charge is -2.32. The van der Waals surface area contributed by atoms with Gasteiger partial charge in [0.25, 0.3) is 0 Å². The highest BCUT2D eigenvalue weighted by Gasteiger charge is 2.15. The molecule has 6 heteroatoms. The van der Waals surface area contributed by atoms with Gasteiger partial charge in [-0.05, 0) is 61.1 Å². The number of rotatable bonds is 6. The van der Waals surface area contributed by atoms with E-state index in [0.29, 0.717) is 24.0 Å². The second kappa shape index (κ2) is 8.84. The van der Waals surface area contributed by atoms with E-state index in [1.807, 2.05) is 19.9 Å². The summed E-state index contributed by atoms with van der Waals surface area (Å²) in [5, 5.41) is 14.2. The van der Waals surface area contributed by atoms with Crippen LogP contribution in [0.25, 0.3) is 0 Å². The van der Waals surface area contributed by atoms with Crippen molar-refractivity contribution in [3.05, 3.63) is 36.4 Å². The maximum Gasteiger partial charge on any atom is 0.225 e. The SMILES string of the molecule is CC(C)CC(=O)Nc1ccc(Nc2ccc(N3CCC(C)CC3)cc2)nn1. The summed E-state index contributed by atoms with van der Waals surface area (Å²) >= 11 is 0. The van der Waals surface area contributed by atoms with E-state index in [0.717, 1.165) is 24.7 Å². The van der Waals surface area contributed by atoms with Gasteiger partial charge in [-0.1, -0.05) is 20.8 Å². The third-order valence-electron chi connectivity index (χ3n) is 4.81. The number of nitrogens with one attached hydrogen (secondary N) is 2. The lowest BCUT2D eigenvalue weighted by atomic mass is 9.99. The summed E-state index contributed by atoms with van der Waals surface area (Å²) in [6.07, 6.45) is 3.00. The van der Waals surface area contributed by atoms with E-state index in [9.17, 15) is 4.79 Å². The summed E-state index contributed by atoms with van der Waals surface area (Å²) in [4.78, 5) is 14.2. The molecule has 3 rings (SSSR count). The topological polar surface area (TPSA) is 70.2 Å². The van der Waals surface area contributed by atoms with Crippen LogP contribution in [0.3, 0.4) is 0 Å². The van der Waals surface area contributed by atoms with Crippen molar-refractivity contribution in [1.82, 2.24) is 10.2 Å². The van der Waals surface area contributed by atoms with Crippen LogP contribution in [0.5, 0.6) is 0 Å². The number of nitrogens with zero attached hydrogens (tertiary/aromatic N) is 3. The van der Waals surface area contributed by atoms with Crippen LogP contribution in [0.15, 0.2) is 36.4 Å². The highest BCUT2D eigenvalue weighted by molar-refractivity contribution is 5.89. The Labute approximate surface area is 161 Å². The largest absolute Gasteiger partial charge is 0.372 e. The molecule has 0 radical (unpaired) electrons. The molecule has 1 aliphatic heterocycles. The van der Waals surface area contributed by atoms with Crippen LogP contribution in [0.1, 0.15) is 40.0 Å². The highest BCUT2D eigenvalue weighted by Crippen LogP contribution is 2.25. The number of anilines is 4. The Kier molecular flexibility index (Phi) is 6.27. The van der Waals surface area contributed by atoms with Gasteiger partial charge in [-0.25, -0.2) is 0 Å². The van der Waals surface area contributed by atoms with Gasteiger partial charge in [-0.3, -0.25) is 4.79 Å². The molecule has 0 unspecified atom stereocenters. The van der Waals surface area contributed by atoms with Crippen LogP contribution in [0.2, 0.25) is 0 Å². The van der Waals surface area contributed by atoms with Gasteiger partial charge in [-0.2, -0.15) is 0 Å². The summed E-state index contributed by atoms with van der Waals surface area (Å²) in [5.74, 6) is 2.23. The van der Waals surface area contributed by atoms with Crippen LogP contribution in [0, 0.1) is 11.8 Å². The smallest absolute Gasteiger partial charge is 0.225 e. The summed E-state index contributed by atoms with van der Waals surface area (Å²) in [7, 11) is 0. The van der Waals surface area contributed by atoms with Gasteiger partial charge in [0.1, 0.15) is 0 Å². The highest BCUT2D eigenvalue weighted by atomic mass is 16.1. The van der Waals surface area contributed by atoms with Crippen molar-refractivity contribution in [2.75, 3.05) is 28.6 Å². The molecule has 0 bridgehead atoms. The van der Waals surface area contributed by atoms with Gasteiger partial charge in [0.05, 0.1) is 0 Å². The molecule has 6 nitrogen and oxygen atoms in total. The van der Waals surface area contributed by atoms with Crippen LogP contribution in [0.4, 0.5) is 23.0 Å². The molecular weight excluding hydrogens is 338 g/mol. The fraction of sp³-hybridized carbons (Fsp3) is 0.476. The van der Waals surface area contributed by atoms with Crippen molar-refractivity contribution in [3.8, 4) is 0 Å². The van der Waals surface area contributed by atoms with Gasteiger partial charge >= 0.3 is 0 Å².